The molecule has 0 spiro atoms. The quantitative estimate of drug-likeness (QED) is 0.641. The minimum atomic E-state index is 0.395. The summed E-state index contributed by atoms with van der Waals surface area (Å²) in [5.41, 5.74) is 2.41. The second-order valence-corrected chi connectivity index (χ2v) is 7.12. The molecule has 0 amide bonds. The molecule has 1 aromatic heterocycles. The summed E-state index contributed by atoms with van der Waals surface area (Å²) >= 11 is 6.10. The normalized spacial score (nSPS) is 16.8. The number of nitrogens with zero attached hydrogens (tertiary/aromatic N) is 3. The lowest BCUT2D eigenvalue weighted by atomic mass is 9.93. The van der Waals surface area contributed by atoms with Crippen LogP contribution >= 0.6 is 11.6 Å². The van der Waals surface area contributed by atoms with E-state index in [4.69, 9.17) is 21.3 Å². The van der Waals surface area contributed by atoms with Gasteiger partial charge in [0.2, 0.25) is 0 Å². The van der Waals surface area contributed by atoms with Crippen molar-refractivity contribution in [2.75, 3.05) is 26.7 Å². The number of para-hydroxylation sites is 1. The fourth-order valence-corrected chi connectivity index (χ4v) is 3.59. The molecule has 1 atom stereocenters. The van der Waals surface area contributed by atoms with E-state index in [0.29, 0.717) is 5.92 Å². The van der Waals surface area contributed by atoms with Crippen LogP contribution in [0.4, 0.5) is 0 Å². The zero-order valence-electron chi connectivity index (χ0n) is 15.7. The first-order valence-corrected chi connectivity index (χ1v) is 9.48. The first-order valence-electron chi connectivity index (χ1n) is 9.10. The van der Waals surface area contributed by atoms with Crippen LogP contribution in [0.15, 0.2) is 41.5 Å². The van der Waals surface area contributed by atoms with Gasteiger partial charge < -0.3 is 19.5 Å². The van der Waals surface area contributed by atoms with Crippen LogP contribution < -0.4 is 10.1 Å². The smallest absolute Gasteiger partial charge is 0.194 e. The van der Waals surface area contributed by atoms with E-state index in [1.165, 1.54) is 5.56 Å². The van der Waals surface area contributed by atoms with Gasteiger partial charge in [0, 0.05) is 45.0 Å². The van der Waals surface area contributed by atoms with Crippen molar-refractivity contribution in [3.63, 3.8) is 0 Å². The molecule has 1 aromatic carbocycles. The van der Waals surface area contributed by atoms with Crippen LogP contribution in [0.3, 0.4) is 0 Å². The van der Waals surface area contributed by atoms with Gasteiger partial charge in [-0.1, -0.05) is 29.8 Å². The van der Waals surface area contributed by atoms with Crippen LogP contribution in [0.1, 0.15) is 30.5 Å². The van der Waals surface area contributed by atoms with Crippen LogP contribution in [0.25, 0.3) is 0 Å². The van der Waals surface area contributed by atoms with Crippen molar-refractivity contribution in [2.24, 2.45) is 12.0 Å². The summed E-state index contributed by atoms with van der Waals surface area (Å²) in [6.45, 7) is 5.18. The Balaban J connectivity index is 1.72. The predicted octanol–water partition coefficient (Wildman–Crippen LogP) is 3.64. The molecule has 0 saturated heterocycles. The molecule has 0 fully saturated rings. The molecule has 0 radical (unpaired) electrons. The number of fused-ring (bicyclic) bond motifs is 1. The fraction of sp³-hybridized carbons (Fsp3) is 0.450. The summed E-state index contributed by atoms with van der Waals surface area (Å²) in [5, 5.41) is 4.16. The highest BCUT2D eigenvalue weighted by Gasteiger charge is 2.21. The van der Waals surface area contributed by atoms with Gasteiger partial charge in [-0.25, -0.2) is 0 Å². The number of aryl methyl sites for hydroxylation is 1. The zero-order chi connectivity index (χ0) is 18.5. The second-order valence-electron chi connectivity index (χ2n) is 6.68. The average Bonchev–Trinajstić information content (AvgIpc) is 2.95. The third-order valence-corrected chi connectivity index (χ3v) is 4.92. The Morgan fingerprint density at radius 3 is 2.96 bits per heavy atom. The number of aliphatic imine (C=N–C) groups is 1. The molecule has 3 rings (SSSR count). The van der Waals surface area contributed by atoms with Crippen LogP contribution in [0, 0.1) is 0 Å². The highest BCUT2D eigenvalue weighted by Crippen LogP contribution is 2.33. The third kappa shape index (κ3) is 4.33. The maximum Gasteiger partial charge on any atom is 0.194 e. The lowest BCUT2D eigenvalue weighted by molar-refractivity contribution is 0.268. The molecule has 1 aliphatic rings. The zero-order valence-corrected chi connectivity index (χ0v) is 16.5. The molecule has 6 heteroatoms. The van der Waals surface area contributed by atoms with Gasteiger partial charge in [-0.15, -0.1) is 0 Å². The standard InChI is InChI=1S/C20H27ClN4O/c1-4-22-20(25(3)14-17-11-16(21)13-24(17)2)23-12-15-9-10-26-19-8-6-5-7-18(15)19/h5-8,11,13,15H,4,9-10,12,14H2,1-3H3,(H,22,23). The number of benzene rings is 1. The van der Waals surface area contributed by atoms with Crippen LogP contribution in [0.5, 0.6) is 5.75 Å². The number of rotatable bonds is 5. The van der Waals surface area contributed by atoms with Crippen molar-refractivity contribution in [1.29, 1.82) is 0 Å². The Kier molecular flexibility index (Phi) is 6.09. The van der Waals surface area contributed by atoms with Gasteiger partial charge in [-0.3, -0.25) is 4.99 Å². The van der Waals surface area contributed by atoms with Crippen LogP contribution in [0.2, 0.25) is 5.02 Å². The molecule has 1 N–H and O–H groups in total. The molecule has 1 aliphatic heterocycles. The minimum Gasteiger partial charge on any atom is -0.493 e. The van der Waals surface area contributed by atoms with Gasteiger partial charge in [0.1, 0.15) is 5.75 Å². The van der Waals surface area contributed by atoms with E-state index < -0.39 is 0 Å². The van der Waals surface area contributed by atoms with Gasteiger partial charge in [-0.2, -0.15) is 0 Å². The van der Waals surface area contributed by atoms with Crippen molar-refractivity contribution in [3.8, 4) is 5.75 Å². The van der Waals surface area contributed by atoms with E-state index >= 15 is 0 Å². The van der Waals surface area contributed by atoms with Gasteiger partial charge in [-0.05, 0) is 31.0 Å². The van der Waals surface area contributed by atoms with Crippen molar-refractivity contribution in [1.82, 2.24) is 14.8 Å². The highest BCUT2D eigenvalue weighted by molar-refractivity contribution is 6.30. The Morgan fingerprint density at radius 2 is 2.23 bits per heavy atom. The second kappa shape index (κ2) is 8.49. The van der Waals surface area contributed by atoms with Gasteiger partial charge >= 0.3 is 0 Å². The molecular formula is C20H27ClN4O. The molecule has 0 bridgehead atoms. The van der Waals surface area contributed by atoms with Crippen LogP contribution in [-0.4, -0.2) is 42.2 Å². The SMILES string of the molecule is CCNC(=NCC1CCOc2ccccc21)N(C)Cc1cc(Cl)cn1C. The van der Waals surface area contributed by atoms with E-state index in [-0.39, 0.29) is 0 Å². The first kappa shape index (κ1) is 18.6. The molecule has 0 aliphatic carbocycles. The summed E-state index contributed by atoms with van der Waals surface area (Å²) in [7, 11) is 4.07. The molecular weight excluding hydrogens is 348 g/mol. The summed E-state index contributed by atoms with van der Waals surface area (Å²) < 4.78 is 7.81. The van der Waals surface area contributed by atoms with Gasteiger partial charge in [0.05, 0.1) is 18.2 Å². The van der Waals surface area contributed by atoms with E-state index in [0.717, 1.165) is 55.1 Å². The number of hydrogen-bond donors (Lipinski definition) is 1. The summed E-state index contributed by atoms with van der Waals surface area (Å²) in [6.07, 6.45) is 2.92. The lowest BCUT2D eigenvalue weighted by Crippen LogP contribution is -2.39. The van der Waals surface area contributed by atoms with Crippen molar-refractivity contribution in [2.45, 2.75) is 25.8 Å². The van der Waals surface area contributed by atoms with Gasteiger partial charge in [0.15, 0.2) is 5.96 Å². The minimum absolute atomic E-state index is 0.395. The predicted molar refractivity (Wildman–Crippen MR) is 107 cm³/mol. The Labute approximate surface area is 160 Å². The van der Waals surface area contributed by atoms with Crippen LogP contribution in [-0.2, 0) is 13.6 Å². The van der Waals surface area contributed by atoms with Gasteiger partial charge in [0.25, 0.3) is 0 Å². The number of nitrogens with one attached hydrogen (secondary N) is 1. The third-order valence-electron chi connectivity index (χ3n) is 4.71. The van der Waals surface area contributed by atoms with E-state index in [1.54, 1.807) is 0 Å². The maximum absolute atomic E-state index is 6.10. The summed E-state index contributed by atoms with van der Waals surface area (Å²) in [6, 6.07) is 10.3. The molecule has 1 unspecified atom stereocenters. The summed E-state index contributed by atoms with van der Waals surface area (Å²) in [5.74, 6) is 2.30. The van der Waals surface area contributed by atoms with Crippen molar-refractivity contribution >= 4 is 17.6 Å². The number of hydrogen-bond acceptors (Lipinski definition) is 2. The molecule has 5 nitrogen and oxygen atoms in total. The Hall–Kier alpha value is -2.14. The highest BCUT2D eigenvalue weighted by atomic mass is 35.5. The average molecular weight is 375 g/mol. The first-order chi connectivity index (χ1) is 12.6. The number of ether oxygens (including phenoxy) is 1. The number of halogens is 1. The maximum atomic E-state index is 6.10. The van der Waals surface area contributed by atoms with E-state index in [1.807, 2.05) is 31.4 Å². The van der Waals surface area contributed by atoms with Crippen molar-refractivity contribution in [3.05, 3.63) is 52.8 Å². The molecule has 2 aromatic rings. The molecule has 140 valence electrons. The Bertz CT molecular complexity index is 771. The van der Waals surface area contributed by atoms with E-state index in [9.17, 15) is 0 Å². The monoisotopic (exact) mass is 374 g/mol. The van der Waals surface area contributed by atoms with E-state index in [2.05, 4.69) is 40.9 Å². The summed E-state index contributed by atoms with van der Waals surface area (Å²) in [4.78, 5) is 7.04. The van der Waals surface area contributed by atoms with Crippen molar-refractivity contribution < 1.29 is 4.74 Å². The number of guanidine groups is 1. The Morgan fingerprint density at radius 1 is 1.42 bits per heavy atom. The molecule has 2 heterocycles. The number of aromatic nitrogens is 1. The molecule has 26 heavy (non-hydrogen) atoms. The molecule has 0 saturated carbocycles. The largest absolute Gasteiger partial charge is 0.493 e. The lowest BCUT2D eigenvalue weighted by Gasteiger charge is -2.26. The topological polar surface area (TPSA) is 41.8 Å². The fourth-order valence-electron chi connectivity index (χ4n) is 3.31.